The summed E-state index contributed by atoms with van der Waals surface area (Å²) in [5.74, 6) is -0.0165. The van der Waals surface area contributed by atoms with Crippen LogP contribution in [0.3, 0.4) is 0 Å². The Morgan fingerprint density at radius 1 is 0.968 bits per heavy atom. The Morgan fingerprint density at radius 2 is 1.68 bits per heavy atom. The smallest absolute Gasteiger partial charge is 0.269 e. The maximum absolute atomic E-state index is 12.7. The SMILES string of the molecule is COc1ccc(CC(=O)NNC(=O)c2cccc(S(=O)(=O)N3CCCC3)c2)cc1OC. The van der Waals surface area contributed by atoms with E-state index in [0.717, 1.165) is 12.8 Å². The molecule has 0 saturated carbocycles. The minimum absolute atomic E-state index is 0.00398. The molecule has 0 spiro atoms. The third kappa shape index (κ3) is 5.33. The average molecular weight is 448 g/mol. The Labute approximate surface area is 181 Å². The molecule has 1 heterocycles. The number of carbonyl (C=O) groups is 2. The highest BCUT2D eigenvalue weighted by molar-refractivity contribution is 7.89. The molecule has 9 nitrogen and oxygen atoms in total. The van der Waals surface area contributed by atoms with E-state index >= 15 is 0 Å². The zero-order valence-corrected chi connectivity index (χ0v) is 18.2. The second-order valence-electron chi connectivity index (χ2n) is 7.01. The maximum atomic E-state index is 12.7. The molecule has 1 saturated heterocycles. The van der Waals surface area contributed by atoms with Gasteiger partial charge in [0.1, 0.15) is 0 Å². The Bertz CT molecular complexity index is 1060. The second-order valence-corrected chi connectivity index (χ2v) is 8.95. The number of hydrogen-bond donors (Lipinski definition) is 2. The summed E-state index contributed by atoms with van der Waals surface area (Å²) in [6.45, 7) is 0.954. The summed E-state index contributed by atoms with van der Waals surface area (Å²) < 4.78 is 37.1. The van der Waals surface area contributed by atoms with Crippen molar-refractivity contribution in [2.24, 2.45) is 0 Å². The molecule has 0 aromatic heterocycles. The molecule has 1 aliphatic heterocycles. The number of hydrazine groups is 1. The van der Waals surface area contributed by atoms with Crippen LogP contribution in [0.15, 0.2) is 47.4 Å². The summed E-state index contributed by atoms with van der Waals surface area (Å²) >= 11 is 0. The fourth-order valence-corrected chi connectivity index (χ4v) is 4.86. The van der Waals surface area contributed by atoms with E-state index in [1.54, 1.807) is 18.2 Å². The molecule has 0 atom stereocenters. The second kappa shape index (κ2) is 9.80. The van der Waals surface area contributed by atoms with Crippen molar-refractivity contribution in [3.63, 3.8) is 0 Å². The van der Waals surface area contributed by atoms with Crippen LogP contribution in [0.1, 0.15) is 28.8 Å². The molecule has 2 aromatic rings. The number of sulfonamides is 1. The lowest BCUT2D eigenvalue weighted by molar-refractivity contribution is -0.121. The van der Waals surface area contributed by atoms with Crippen LogP contribution in [0.25, 0.3) is 0 Å². The van der Waals surface area contributed by atoms with Crippen LogP contribution in [0.5, 0.6) is 11.5 Å². The van der Waals surface area contributed by atoms with Crippen LogP contribution < -0.4 is 20.3 Å². The van der Waals surface area contributed by atoms with Gasteiger partial charge in [-0.3, -0.25) is 20.4 Å². The predicted molar refractivity (Wildman–Crippen MR) is 113 cm³/mol. The lowest BCUT2D eigenvalue weighted by Crippen LogP contribution is -2.42. The van der Waals surface area contributed by atoms with Crippen molar-refractivity contribution in [3.8, 4) is 11.5 Å². The Morgan fingerprint density at radius 3 is 2.35 bits per heavy atom. The highest BCUT2D eigenvalue weighted by Crippen LogP contribution is 2.27. The molecule has 31 heavy (non-hydrogen) atoms. The summed E-state index contributed by atoms with van der Waals surface area (Å²) in [5, 5.41) is 0. The number of amides is 2. The molecule has 0 aliphatic carbocycles. The van der Waals surface area contributed by atoms with Crippen LogP contribution in [-0.4, -0.2) is 51.8 Å². The highest BCUT2D eigenvalue weighted by atomic mass is 32.2. The van der Waals surface area contributed by atoms with Gasteiger partial charge in [-0.2, -0.15) is 4.31 Å². The van der Waals surface area contributed by atoms with Crippen molar-refractivity contribution in [3.05, 3.63) is 53.6 Å². The van der Waals surface area contributed by atoms with Crippen molar-refractivity contribution < 1.29 is 27.5 Å². The lowest BCUT2D eigenvalue weighted by Gasteiger charge is -2.16. The number of rotatable bonds is 7. The van der Waals surface area contributed by atoms with Gasteiger partial charge in [-0.25, -0.2) is 8.42 Å². The third-order valence-corrected chi connectivity index (χ3v) is 6.82. The van der Waals surface area contributed by atoms with Crippen molar-refractivity contribution in [2.45, 2.75) is 24.2 Å². The number of nitrogens with zero attached hydrogens (tertiary/aromatic N) is 1. The first-order chi connectivity index (χ1) is 14.8. The number of methoxy groups -OCH3 is 2. The number of hydrogen-bond acceptors (Lipinski definition) is 6. The van der Waals surface area contributed by atoms with Gasteiger partial charge in [0.05, 0.1) is 25.5 Å². The topological polar surface area (TPSA) is 114 Å². The first-order valence-electron chi connectivity index (χ1n) is 9.75. The van der Waals surface area contributed by atoms with Gasteiger partial charge in [-0.05, 0) is 48.7 Å². The van der Waals surface area contributed by atoms with Crippen molar-refractivity contribution in [1.82, 2.24) is 15.2 Å². The van der Waals surface area contributed by atoms with Crippen molar-refractivity contribution in [2.75, 3.05) is 27.3 Å². The molecule has 2 amide bonds. The zero-order valence-electron chi connectivity index (χ0n) is 17.4. The minimum atomic E-state index is -3.64. The van der Waals surface area contributed by atoms with Gasteiger partial charge in [0.2, 0.25) is 15.9 Å². The fraction of sp³-hybridized carbons (Fsp3) is 0.333. The summed E-state index contributed by atoms with van der Waals surface area (Å²) in [6, 6.07) is 10.8. The van der Waals surface area contributed by atoms with E-state index in [1.807, 2.05) is 0 Å². The minimum Gasteiger partial charge on any atom is -0.493 e. The Balaban J connectivity index is 1.61. The molecule has 3 rings (SSSR count). The van der Waals surface area contributed by atoms with Gasteiger partial charge in [-0.15, -0.1) is 0 Å². The summed E-state index contributed by atoms with van der Waals surface area (Å²) in [6.07, 6.45) is 1.65. The van der Waals surface area contributed by atoms with E-state index in [4.69, 9.17) is 9.47 Å². The van der Waals surface area contributed by atoms with E-state index in [1.165, 1.54) is 42.8 Å². The number of benzene rings is 2. The van der Waals surface area contributed by atoms with Crippen LogP contribution in [0.2, 0.25) is 0 Å². The summed E-state index contributed by atoms with van der Waals surface area (Å²) in [4.78, 5) is 24.7. The number of carbonyl (C=O) groups excluding carboxylic acids is 2. The van der Waals surface area contributed by atoms with Crippen LogP contribution in [0, 0.1) is 0 Å². The Hall–Kier alpha value is -3.11. The van der Waals surface area contributed by atoms with E-state index < -0.39 is 21.8 Å². The van der Waals surface area contributed by atoms with Crippen LogP contribution in [-0.2, 0) is 21.2 Å². The van der Waals surface area contributed by atoms with Crippen LogP contribution >= 0.6 is 0 Å². The molecule has 0 unspecified atom stereocenters. The van der Waals surface area contributed by atoms with Crippen molar-refractivity contribution >= 4 is 21.8 Å². The van der Waals surface area contributed by atoms with Gasteiger partial charge in [0.25, 0.3) is 5.91 Å². The fourth-order valence-electron chi connectivity index (χ4n) is 3.29. The molecular formula is C21H25N3O6S. The van der Waals surface area contributed by atoms with Gasteiger partial charge in [0, 0.05) is 18.7 Å². The summed E-state index contributed by atoms with van der Waals surface area (Å²) in [7, 11) is -0.616. The molecule has 2 aromatic carbocycles. The monoisotopic (exact) mass is 447 g/mol. The Kier molecular flexibility index (Phi) is 7.13. The molecule has 0 radical (unpaired) electrons. The largest absolute Gasteiger partial charge is 0.493 e. The quantitative estimate of drug-likeness (QED) is 0.622. The molecule has 166 valence electrons. The first kappa shape index (κ1) is 22.6. The standard InChI is InChI=1S/C21H25N3O6S/c1-29-18-9-8-15(12-19(18)30-2)13-20(25)22-23-21(26)16-6-5-7-17(14-16)31(27,28)24-10-3-4-11-24/h5-9,12,14H,3-4,10-11,13H2,1-2H3,(H,22,25)(H,23,26). The third-order valence-electron chi connectivity index (χ3n) is 4.93. The number of nitrogens with one attached hydrogen (secondary N) is 2. The average Bonchev–Trinajstić information content (AvgIpc) is 3.33. The van der Waals surface area contributed by atoms with E-state index in [2.05, 4.69) is 10.9 Å². The van der Waals surface area contributed by atoms with E-state index in [-0.39, 0.29) is 16.9 Å². The van der Waals surface area contributed by atoms with Gasteiger partial charge >= 0.3 is 0 Å². The molecule has 0 bridgehead atoms. The maximum Gasteiger partial charge on any atom is 0.269 e. The zero-order chi connectivity index (χ0) is 22.4. The predicted octanol–water partition coefficient (Wildman–Crippen LogP) is 1.49. The van der Waals surface area contributed by atoms with E-state index in [0.29, 0.717) is 30.2 Å². The van der Waals surface area contributed by atoms with Gasteiger partial charge in [0.15, 0.2) is 11.5 Å². The van der Waals surface area contributed by atoms with Crippen LogP contribution in [0.4, 0.5) is 0 Å². The molecule has 1 aliphatic rings. The first-order valence-corrected chi connectivity index (χ1v) is 11.2. The van der Waals surface area contributed by atoms with Crippen molar-refractivity contribution in [1.29, 1.82) is 0 Å². The molecule has 10 heteroatoms. The lowest BCUT2D eigenvalue weighted by atomic mass is 10.1. The van der Waals surface area contributed by atoms with E-state index in [9.17, 15) is 18.0 Å². The van der Waals surface area contributed by atoms with Gasteiger partial charge < -0.3 is 9.47 Å². The molecule has 1 fully saturated rings. The van der Waals surface area contributed by atoms with Gasteiger partial charge in [-0.1, -0.05) is 12.1 Å². The highest BCUT2D eigenvalue weighted by Gasteiger charge is 2.27. The number of ether oxygens (including phenoxy) is 2. The molecular weight excluding hydrogens is 422 g/mol. The normalized spacial score (nSPS) is 14.1. The summed E-state index contributed by atoms with van der Waals surface area (Å²) in [5.41, 5.74) is 5.45. The molecule has 2 N–H and O–H groups in total.